The summed E-state index contributed by atoms with van der Waals surface area (Å²) < 4.78 is 0. The van der Waals surface area contributed by atoms with E-state index in [4.69, 9.17) is 0 Å². The average molecular weight is 280 g/mol. The molecule has 20 heavy (non-hydrogen) atoms. The quantitative estimate of drug-likeness (QED) is 0.725. The lowest BCUT2D eigenvalue weighted by atomic mass is 10.1. The van der Waals surface area contributed by atoms with Gasteiger partial charge in [0.25, 0.3) is 0 Å². The topological polar surface area (TPSA) is 66.0 Å². The van der Waals surface area contributed by atoms with Crippen molar-refractivity contribution in [2.75, 3.05) is 41.7 Å². The van der Waals surface area contributed by atoms with E-state index in [0.717, 1.165) is 38.5 Å². The third kappa shape index (κ3) is 4.83. The molecule has 1 unspecified atom stereocenters. The fraction of sp³-hybridized carbons (Fsp3) is 0.786. The predicted molar refractivity (Wildman–Crippen MR) is 85.5 cm³/mol. The summed E-state index contributed by atoms with van der Waals surface area (Å²) in [4.78, 5) is 15.5. The SMILES string of the molecule is CCNc1nc(NCC(C)CC)nc(N(CC)CC)n1. The minimum Gasteiger partial charge on any atom is -0.354 e. The second-order valence-electron chi connectivity index (χ2n) is 4.88. The monoisotopic (exact) mass is 280 g/mol. The first-order chi connectivity index (χ1) is 9.64. The van der Waals surface area contributed by atoms with Crippen LogP contribution in [-0.4, -0.2) is 41.1 Å². The molecule has 0 aromatic carbocycles. The molecule has 0 amide bonds. The van der Waals surface area contributed by atoms with Crippen molar-refractivity contribution < 1.29 is 0 Å². The van der Waals surface area contributed by atoms with E-state index in [2.05, 4.69) is 58.2 Å². The van der Waals surface area contributed by atoms with E-state index >= 15 is 0 Å². The Morgan fingerprint density at radius 1 is 0.950 bits per heavy atom. The van der Waals surface area contributed by atoms with Crippen molar-refractivity contribution in [1.82, 2.24) is 15.0 Å². The summed E-state index contributed by atoms with van der Waals surface area (Å²) in [6.45, 7) is 14.1. The number of rotatable bonds is 9. The molecule has 6 heteroatoms. The van der Waals surface area contributed by atoms with Crippen LogP contribution in [0.3, 0.4) is 0 Å². The zero-order valence-electron chi connectivity index (χ0n) is 13.4. The highest BCUT2D eigenvalue weighted by Crippen LogP contribution is 2.14. The van der Waals surface area contributed by atoms with E-state index in [0.29, 0.717) is 17.8 Å². The summed E-state index contributed by atoms with van der Waals surface area (Å²) in [7, 11) is 0. The molecule has 1 rings (SSSR count). The van der Waals surface area contributed by atoms with E-state index in [9.17, 15) is 0 Å². The molecule has 0 aliphatic rings. The van der Waals surface area contributed by atoms with E-state index in [1.165, 1.54) is 0 Å². The van der Waals surface area contributed by atoms with Gasteiger partial charge in [-0.3, -0.25) is 0 Å². The first-order valence-corrected chi connectivity index (χ1v) is 7.63. The van der Waals surface area contributed by atoms with Crippen molar-refractivity contribution in [3.8, 4) is 0 Å². The minimum atomic E-state index is 0.603. The molecule has 1 heterocycles. The lowest BCUT2D eigenvalue weighted by Crippen LogP contribution is -2.26. The lowest BCUT2D eigenvalue weighted by Gasteiger charge is -2.20. The van der Waals surface area contributed by atoms with E-state index in [1.807, 2.05) is 6.92 Å². The van der Waals surface area contributed by atoms with E-state index < -0.39 is 0 Å². The molecule has 0 bridgehead atoms. The van der Waals surface area contributed by atoms with Crippen LogP contribution in [0, 0.1) is 5.92 Å². The largest absolute Gasteiger partial charge is 0.354 e. The Labute approximate surface area is 122 Å². The lowest BCUT2D eigenvalue weighted by molar-refractivity contribution is 0.591. The van der Waals surface area contributed by atoms with Gasteiger partial charge in [0, 0.05) is 26.2 Å². The summed E-state index contributed by atoms with van der Waals surface area (Å²) in [5, 5.41) is 6.47. The number of nitrogens with one attached hydrogen (secondary N) is 2. The average Bonchev–Trinajstić information content (AvgIpc) is 2.46. The van der Waals surface area contributed by atoms with Gasteiger partial charge in [-0.25, -0.2) is 0 Å². The molecule has 1 aromatic rings. The summed E-state index contributed by atoms with van der Waals surface area (Å²) in [5.41, 5.74) is 0. The van der Waals surface area contributed by atoms with Crippen LogP contribution in [0.5, 0.6) is 0 Å². The van der Waals surface area contributed by atoms with Crippen molar-refractivity contribution in [2.24, 2.45) is 5.92 Å². The fourth-order valence-electron chi connectivity index (χ4n) is 1.74. The van der Waals surface area contributed by atoms with Gasteiger partial charge in [0.2, 0.25) is 17.8 Å². The maximum atomic E-state index is 4.52. The summed E-state index contributed by atoms with van der Waals surface area (Å²) in [6, 6.07) is 0. The first kappa shape index (κ1) is 16.5. The molecular formula is C14H28N6. The van der Waals surface area contributed by atoms with Gasteiger partial charge in [0.15, 0.2) is 0 Å². The highest BCUT2D eigenvalue weighted by molar-refractivity contribution is 5.43. The fourth-order valence-corrected chi connectivity index (χ4v) is 1.74. The van der Waals surface area contributed by atoms with Gasteiger partial charge < -0.3 is 15.5 Å². The Kier molecular flexibility index (Phi) is 7.04. The third-order valence-electron chi connectivity index (χ3n) is 3.31. The molecule has 0 radical (unpaired) electrons. The summed E-state index contributed by atoms with van der Waals surface area (Å²) >= 11 is 0. The maximum Gasteiger partial charge on any atom is 0.231 e. The standard InChI is InChI=1S/C14H28N6/c1-6-11(5)10-16-13-17-12(15-7-2)18-14(19-13)20(8-3)9-4/h11H,6-10H2,1-5H3,(H2,15,16,17,18,19). The predicted octanol–water partition coefficient (Wildman–Crippen LogP) is 2.61. The van der Waals surface area contributed by atoms with Crippen LogP contribution in [0.2, 0.25) is 0 Å². The molecule has 0 fully saturated rings. The van der Waals surface area contributed by atoms with Crippen LogP contribution >= 0.6 is 0 Å². The third-order valence-corrected chi connectivity index (χ3v) is 3.31. The van der Waals surface area contributed by atoms with E-state index in [-0.39, 0.29) is 0 Å². The maximum absolute atomic E-state index is 4.52. The van der Waals surface area contributed by atoms with Crippen LogP contribution in [0.4, 0.5) is 17.8 Å². The van der Waals surface area contributed by atoms with Gasteiger partial charge >= 0.3 is 0 Å². The van der Waals surface area contributed by atoms with Gasteiger partial charge in [-0.2, -0.15) is 15.0 Å². The van der Waals surface area contributed by atoms with Gasteiger partial charge in [0.05, 0.1) is 0 Å². The Morgan fingerprint density at radius 3 is 2.05 bits per heavy atom. The molecule has 114 valence electrons. The number of hydrogen-bond donors (Lipinski definition) is 2. The molecule has 0 saturated carbocycles. The molecule has 1 aromatic heterocycles. The number of hydrogen-bond acceptors (Lipinski definition) is 6. The summed E-state index contributed by atoms with van der Waals surface area (Å²) in [6.07, 6.45) is 1.14. The number of nitrogens with zero attached hydrogens (tertiary/aromatic N) is 4. The van der Waals surface area contributed by atoms with Gasteiger partial charge in [0.1, 0.15) is 0 Å². The molecular weight excluding hydrogens is 252 g/mol. The van der Waals surface area contributed by atoms with Crippen molar-refractivity contribution in [2.45, 2.75) is 41.0 Å². The molecule has 0 aliphatic heterocycles. The van der Waals surface area contributed by atoms with Gasteiger partial charge in [-0.1, -0.05) is 20.3 Å². The Morgan fingerprint density at radius 2 is 1.55 bits per heavy atom. The van der Waals surface area contributed by atoms with Crippen LogP contribution < -0.4 is 15.5 Å². The van der Waals surface area contributed by atoms with Gasteiger partial charge in [-0.05, 0) is 26.7 Å². The highest BCUT2D eigenvalue weighted by atomic mass is 15.3. The van der Waals surface area contributed by atoms with Crippen molar-refractivity contribution in [3.63, 3.8) is 0 Å². The zero-order valence-corrected chi connectivity index (χ0v) is 13.4. The molecule has 0 aliphatic carbocycles. The highest BCUT2D eigenvalue weighted by Gasteiger charge is 2.11. The molecule has 0 spiro atoms. The summed E-state index contributed by atoms with van der Waals surface area (Å²) in [5.74, 6) is 2.62. The number of anilines is 3. The smallest absolute Gasteiger partial charge is 0.231 e. The minimum absolute atomic E-state index is 0.603. The molecule has 6 nitrogen and oxygen atoms in total. The Hall–Kier alpha value is -1.59. The number of aromatic nitrogens is 3. The van der Waals surface area contributed by atoms with Crippen molar-refractivity contribution in [3.05, 3.63) is 0 Å². The molecule has 1 atom stereocenters. The zero-order chi connectivity index (χ0) is 15.0. The first-order valence-electron chi connectivity index (χ1n) is 7.63. The van der Waals surface area contributed by atoms with E-state index in [1.54, 1.807) is 0 Å². The van der Waals surface area contributed by atoms with Crippen LogP contribution in [0.25, 0.3) is 0 Å². The second-order valence-corrected chi connectivity index (χ2v) is 4.88. The Balaban J connectivity index is 2.91. The molecule has 0 saturated heterocycles. The second kappa shape index (κ2) is 8.55. The van der Waals surface area contributed by atoms with Crippen LogP contribution in [0.15, 0.2) is 0 Å². The van der Waals surface area contributed by atoms with Crippen molar-refractivity contribution >= 4 is 17.8 Å². The normalized spacial score (nSPS) is 12.1. The Bertz CT molecular complexity index is 391. The molecule has 2 N–H and O–H groups in total. The van der Waals surface area contributed by atoms with Crippen LogP contribution in [0.1, 0.15) is 41.0 Å². The van der Waals surface area contributed by atoms with Crippen LogP contribution in [-0.2, 0) is 0 Å². The van der Waals surface area contributed by atoms with Gasteiger partial charge in [-0.15, -0.1) is 0 Å². The van der Waals surface area contributed by atoms with Crippen molar-refractivity contribution in [1.29, 1.82) is 0 Å².